The van der Waals surface area contributed by atoms with Gasteiger partial charge in [-0.2, -0.15) is 0 Å². The Morgan fingerprint density at radius 3 is 2.71 bits per heavy atom. The molecule has 14 heavy (non-hydrogen) atoms. The molecule has 0 bridgehead atoms. The first-order valence-corrected chi connectivity index (χ1v) is 4.88. The molecule has 4 heteroatoms. The average Bonchev–Trinajstić information content (AvgIpc) is 2.15. The Morgan fingerprint density at radius 1 is 1.64 bits per heavy atom. The van der Waals surface area contributed by atoms with E-state index in [1.807, 2.05) is 6.92 Å². The second-order valence-electron chi connectivity index (χ2n) is 3.22. The minimum Gasteiger partial charge on any atom is -0.392 e. The smallest absolute Gasteiger partial charge is 0.243 e. The molecule has 0 aromatic carbocycles. The van der Waals surface area contributed by atoms with E-state index < -0.39 is 0 Å². The van der Waals surface area contributed by atoms with E-state index in [-0.39, 0.29) is 12.0 Å². The van der Waals surface area contributed by atoms with Gasteiger partial charge in [0.2, 0.25) is 5.91 Å². The van der Waals surface area contributed by atoms with Crippen LogP contribution < -0.4 is 5.32 Å². The summed E-state index contributed by atoms with van der Waals surface area (Å²) in [6.45, 7) is 5.97. The minimum absolute atomic E-state index is 0.0990. The molecule has 0 aromatic heterocycles. The number of rotatable bonds is 6. The third-order valence-electron chi connectivity index (χ3n) is 1.85. The van der Waals surface area contributed by atoms with Crippen molar-refractivity contribution in [1.29, 1.82) is 0 Å². The number of hydrogen-bond donors (Lipinski definition) is 2. The summed E-state index contributed by atoms with van der Waals surface area (Å²) in [5.41, 5.74) is 0. The summed E-state index contributed by atoms with van der Waals surface area (Å²) in [6, 6.07) is 0. The van der Waals surface area contributed by atoms with Crippen LogP contribution in [0.5, 0.6) is 0 Å². The normalized spacial score (nSPS) is 13.5. The van der Waals surface area contributed by atoms with Crippen LogP contribution in [0.4, 0.5) is 0 Å². The van der Waals surface area contributed by atoms with Gasteiger partial charge in [0, 0.05) is 26.2 Å². The molecule has 82 valence electrons. The van der Waals surface area contributed by atoms with Gasteiger partial charge in [-0.3, -0.25) is 9.69 Å². The van der Waals surface area contributed by atoms with Gasteiger partial charge in [-0.15, -0.1) is 0 Å². The standard InChI is InChI=1S/C10H20N2O2/c1-4-12(8-9(2)13)7-5-6-10(14)11-3/h5-6,9,13H,4,7-8H2,1-3H3,(H,11,14)/b6-5+. The number of nitrogens with zero attached hydrogens (tertiary/aromatic N) is 1. The summed E-state index contributed by atoms with van der Waals surface area (Å²) >= 11 is 0. The van der Waals surface area contributed by atoms with Crippen molar-refractivity contribution >= 4 is 5.91 Å². The fraction of sp³-hybridized carbons (Fsp3) is 0.700. The van der Waals surface area contributed by atoms with E-state index in [4.69, 9.17) is 5.11 Å². The lowest BCUT2D eigenvalue weighted by Gasteiger charge is -2.19. The zero-order valence-electron chi connectivity index (χ0n) is 9.16. The number of amides is 1. The fourth-order valence-electron chi connectivity index (χ4n) is 1.10. The summed E-state index contributed by atoms with van der Waals surface area (Å²) in [6.07, 6.45) is 2.97. The summed E-state index contributed by atoms with van der Waals surface area (Å²) < 4.78 is 0. The number of carbonyl (C=O) groups excluding carboxylic acids is 1. The molecule has 2 N–H and O–H groups in total. The second-order valence-corrected chi connectivity index (χ2v) is 3.22. The Kier molecular flexibility index (Phi) is 7.06. The van der Waals surface area contributed by atoms with Crippen LogP contribution in [-0.4, -0.2) is 48.7 Å². The number of aliphatic hydroxyl groups excluding tert-OH is 1. The second kappa shape index (κ2) is 7.53. The highest BCUT2D eigenvalue weighted by Crippen LogP contribution is 1.92. The molecule has 0 heterocycles. The Balaban J connectivity index is 3.83. The lowest BCUT2D eigenvalue weighted by molar-refractivity contribution is -0.116. The highest BCUT2D eigenvalue weighted by Gasteiger charge is 2.03. The van der Waals surface area contributed by atoms with Crippen LogP contribution in [0.2, 0.25) is 0 Å². The zero-order chi connectivity index (χ0) is 11.0. The summed E-state index contributed by atoms with van der Waals surface area (Å²) in [7, 11) is 1.60. The monoisotopic (exact) mass is 200 g/mol. The van der Waals surface area contributed by atoms with Crippen LogP contribution in [-0.2, 0) is 4.79 Å². The van der Waals surface area contributed by atoms with Crippen molar-refractivity contribution in [3.8, 4) is 0 Å². The van der Waals surface area contributed by atoms with Crippen molar-refractivity contribution in [2.45, 2.75) is 20.0 Å². The predicted molar refractivity (Wildman–Crippen MR) is 57.0 cm³/mol. The molecule has 0 fully saturated rings. The van der Waals surface area contributed by atoms with Crippen molar-refractivity contribution in [2.75, 3.05) is 26.7 Å². The first kappa shape index (κ1) is 13.1. The molecular weight excluding hydrogens is 180 g/mol. The number of carbonyl (C=O) groups is 1. The topological polar surface area (TPSA) is 52.6 Å². The van der Waals surface area contributed by atoms with Crippen LogP contribution in [0.25, 0.3) is 0 Å². The Labute approximate surface area is 85.6 Å². The maximum absolute atomic E-state index is 10.8. The maximum atomic E-state index is 10.8. The Bertz CT molecular complexity index is 191. The molecule has 4 nitrogen and oxygen atoms in total. The summed E-state index contributed by atoms with van der Waals surface area (Å²) in [4.78, 5) is 12.9. The Hall–Kier alpha value is -0.870. The highest BCUT2D eigenvalue weighted by atomic mass is 16.3. The molecule has 1 unspecified atom stereocenters. The van der Waals surface area contributed by atoms with Gasteiger partial charge in [0.25, 0.3) is 0 Å². The van der Waals surface area contributed by atoms with Gasteiger partial charge in [0.15, 0.2) is 0 Å². The van der Waals surface area contributed by atoms with Crippen LogP contribution in [0.15, 0.2) is 12.2 Å². The summed E-state index contributed by atoms with van der Waals surface area (Å²) in [5, 5.41) is 11.7. The van der Waals surface area contributed by atoms with E-state index in [0.717, 1.165) is 6.54 Å². The first-order valence-electron chi connectivity index (χ1n) is 4.88. The molecule has 0 aliphatic carbocycles. The molecule has 0 aliphatic rings. The molecule has 0 saturated carbocycles. The lowest BCUT2D eigenvalue weighted by atomic mass is 10.3. The maximum Gasteiger partial charge on any atom is 0.243 e. The van der Waals surface area contributed by atoms with E-state index in [1.165, 1.54) is 6.08 Å². The molecule has 0 aromatic rings. The van der Waals surface area contributed by atoms with Crippen molar-refractivity contribution in [1.82, 2.24) is 10.2 Å². The van der Waals surface area contributed by atoms with E-state index in [1.54, 1.807) is 20.0 Å². The van der Waals surface area contributed by atoms with Gasteiger partial charge >= 0.3 is 0 Å². The minimum atomic E-state index is -0.330. The van der Waals surface area contributed by atoms with Gasteiger partial charge < -0.3 is 10.4 Å². The molecule has 1 atom stereocenters. The van der Waals surface area contributed by atoms with Crippen molar-refractivity contribution in [3.05, 3.63) is 12.2 Å². The third-order valence-corrected chi connectivity index (χ3v) is 1.85. The van der Waals surface area contributed by atoms with Gasteiger partial charge in [0.05, 0.1) is 6.10 Å². The van der Waals surface area contributed by atoms with Gasteiger partial charge in [-0.1, -0.05) is 13.0 Å². The molecule has 1 amide bonds. The van der Waals surface area contributed by atoms with E-state index in [0.29, 0.717) is 13.1 Å². The van der Waals surface area contributed by atoms with E-state index >= 15 is 0 Å². The third kappa shape index (κ3) is 6.62. The number of likely N-dealkylation sites (N-methyl/N-ethyl adjacent to an activating group) is 2. The largest absolute Gasteiger partial charge is 0.392 e. The molecule has 0 radical (unpaired) electrons. The van der Waals surface area contributed by atoms with Crippen molar-refractivity contribution < 1.29 is 9.90 Å². The molecule has 0 aliphatic heterocycles. The quantitative estimate of drug-likeness (QED) is 0.593. The predicted octanol–water partition coefficient (Wildman–Crippen LogP) is -0.00870. The Morgan fingerprint density at radius 2 is 2.29 bits per heavy atom. The van der Waals surface area contributed by atoms with Crippen LogP contribution in [0.3, 0.4) is 0 Å². The van der Waals surface area contributed by atoms with E-state index in [9.17, 15) is 4.79 Å². The fourth-order valence-corrected chi connectivity index (χ4v) is 1.10. The molecule has 0 saturated heterocycles. The van der Waals surface area contributed by atoms with Crippen LogP contribution in [0.1, 0.15) is 13.8 Å². The van der Waals surface area contributed by atoms with Crippen molar-refractivity contribution in [3.63, 3.8) is 0 Å². The SMILES string of the molecule is CCN(C/C=C/C(=O)NC)CC(C)O. The van der Waals surface area contributed by atoms with Crippen LogP contribution in [0, 0.1) is 0 Å². The molecule has 0 spiro atoms. The number of aliphatic hydroxyl groups is 1. The lowest BCUT2D eigenvalue weighted by Crippen LogP contribution is -2.31. The molecular formula is C10H20N2O2. The number of hydrogen-bond acceptors (Lipinski definition) is 3. The van der Waals surface area contributed by atoms with Crippen molar-refractivity contribution in [2.24, 2.45) is 0 Å². The number of nitrogens with one attached hydrogen (secondary N) is 1. The van der Waals surface area contributed by atoms with Crippen LogP contribution >= 0.6 is 0 Å². The average molecular weight is 200 g/mol. The van der Waals surface area contributed by atoms with Gasteiger partial charge in [-0.25, -0.2) is 0 Å². The highest BCUT2D eigenvalue weighted by molar-refractivity contribution is 5.87. The first-order chi connectivity index (χ1) is 6.60. The van der Waals surface area contributed by atoms with Gasteiger partial charge in [-0.05, 0) is 13.5 Å². The molecule has 0 rings (SSSR count). The van der Waals surface area contributed by atoms with Gasteiger partial charge in [0.1, 0.15) is 0 Å². The zero-order valence-corrected chi connectivity index (χ0v) is 9.16. The summed E-state index contributed by atoms with van der Waals surface area (Å²) in [5.74, 6) is -0.0990. The van der Waals surface area contributed by atoms with E-state index in [2.05, 4.69) is 10.2 Å².